The first kappa shape index (κ1) is 12.6. The molecule has 2 aromatic rings. The molecule has 0 aliphatic heterocycles. The van der Waals surface area contributed by atoms with E-state index in [1.165, 1.54) is 5.56 Å². The highest BCUT2D eigenvalue weighted by Crippen LogP contribution is 2.22. The molecule has 0 atom stereocenters. The maximum Gasteiger partial charge on any atom is 0.137 e. The van der Waals surface area contributed by atoms with Crippen LogP contribution in [0.2, 0.25) is 0 Å². The number of Topliss-reactive ketones (excluding diaryl/α,β-unsaturated/α-hetero) is 1. The van der Waals surface area contributed by atoms with Gasteiger partial charge in [0.05, 0.1) is 12.1 Å². The highest BCUT2D eigenvalue weighted by atomic mass is 16.1. The number of carbonyl (C=O) groups excluding carboxylic acids is 1. The van der Waals surface area contributed by atoms with Gasteiger partial charge in [0, 0.05) is 11.3 Å². The molecule has 3 heteroatoms. The van der Waals surface area contributed by atoms with E-state index in [1.54, 1.807) is 6.92 Å². The molecule has 0 fully saturated rings. The number of hydrogen-bond donors (Lipinski definition) is 1. The third kappa shape index (κ3) is 2.67. The van der Waals surface area contributed by atoms with Crippen LogP contribution < -0.4 is 0 Å². The van der Waals surface area contributed by atoms with Crippen molar-refractivity contribution in [3.63, 3.8) is 0 Å². The summed E-state index contributed by atoms with van der Waals surface area (Å²) in [6.45, 7) is 5.70. The van der Waals surface area contributed by atoms with Crippen LogP contribution in [0.15, 0.2) is 24.3 Å². The van der Waals surface area contributed by atoms with Crippen LogP contribution in [0.1, 0.15) is 30.9 Å². The summed E-state index contributed by atoms with van der Waals surface area (Å²) < 4.78 is 0. The average molecular weight is 242 g/mol. The Balaban J connectivity index is 2.31. The predicted molar refractivity (Wildman–Crippen MR) is 72.5 cm³/mol. The second kappa shape index (κ2) is 5.17. The van der Waals surface area contributed by atoms with Gasteiger partial charge in [0.1, 0.15) is 11.6 Å². The summed E-state index contributed by atoms with van der Waals surface area (Å²) in [5.74, 6) is 0.867. The van der Waals surface area contributed by atoms with Crippen LogP contribution in [0.5, 0.6) is 0 Å². The number of benzene rings is 1. The first-order valence-electron chi connectivity index (χ1n) is 6.24. The zero-order valence-electron chi connectivity index (χ0n) is 11.1. The minimum Gasteiger partial charge on any atom is -0.345 e. The Bertz CT molecular complexity index is 552. The number of imidazole rings is 1. The van der Waals surface area contributed by atoms with Crippen molar-refractivity contribution in [3.05, 3.63) is 41.3 Å². The van der Waals surface area contributed by atoms with E-state index in [1.807, 2.05) is 6.92 Å². The number of ketones is 1. The molecule has 0 bridgehead atoms. The van der Waals surface area contributed by atoms with E-state index in [0.29, 0.717) is 6.42 Å². The lowest BCUT2D eigenvalue weighted by Crippen LogP contribution is -1.98. The van der Waals surface area contributed by atoms with Gasteiger partial charge in [0.25, 0.3) is 0 Å². The molecule has 1 aromatic heterocycles. The summed E-state index contributed by atoms with van der Waals surface area (Å²) in [5, 5.41) is 0. The molecule has 0 aliphatic carbocycles. The highest BCUT2D eigenvalue weighted by Gasteiger charge is 2.10. The molecule has 1 N–H and O–H groups in total. The molecule has 3 nitrogen and oxygen atoms in total. The van der Waals surface area contributed by atoms with E-state index in [2.05, 4.69) is 41.2 Å². The zero-order chi connectivity index (χ0) is 13.1. The number of nitrogens with zero attached hydrogens (tertiary/aromatic N) is 1. The number of rotatable bonds is 4. The molecule has 0 aliphatic rings. The van der Waals surface area contributed by atoms with Crippen molar-refractivity contribution in [2.75, 3.05) is 0 Å². The Morgan fingerprint density at radius 3 is 2.50 bits per heavy atom. The lowest BCUT2D eigenvalue weighted by atomic mass is 10.1. The second-order valence-electron chi connectivity index (χ2n) is 4.59. The Hall–Kier alpha value is -1.90. The minimum atomic E-state index is 0.122. The molecule has 0 unspecified atom stereocenters. The topological polar surface area (TPSA) is 45.8 Å². The van der Waals surface area contributed by atoms with Gasteiger partial charge < -0.3 is 4.98 Å². The molecular weight excluding hydrogens is 224 g/mol. The molecule has 1 heterocycles. The Kier molecular flexibility index (Phi) is 3.60. The van der Waals surface area contributed by atoms with Gasteiger partial charge in [-0.15, -0.1) is 0 Å². The molecule has 2 rings (SSSR count). The van der Waals surface area contributed by atoms with E-state index >= 15 is 0 Å². The summed E-state index contributed by atoms with van der Waals surface area (Å²) in [6, 6.07) is 8.40. The summed E-state index contributed by atoms with van der Waals surface area (Å²) in [7, 11) is 0. The number of aryl methyl sites for hydroxylation is 2. The second-order valence-corrected chi connectivity index (χ2v) is 4.59. The van der Waals surface area contributed by atoms with Gasteiger partial charge in [-0.25, -0.2) is 4.98 Å². The molecule has 94 valence electrons. The molecule has 1 aromatic carbocycles. The van der Waals surface area contributed by atoms with E-state index in [4.69, 9.17) is 0 Å². The maximum absolute atomic E-state index is 11.1. The van der Waals surface area contributed by atoms with Crippen LogP contribution in [0.25, 0.3) is 11.3 Å². The fourth-order valence-electron chi connectivity index (χ4n) is 2.02. The highest BCUT2D eigenvalue weighted by molar-refractivity contribution is 5.77. The van der Waals surface area contributed by atoms with Crippen molar-refractivity contribution in [2.45, 2.75) is 33.6 Å². The van der Waals surface area contributed by atoms with Gasteiger partial charge in [0.15, 0.2) is 0 Å². The summed E-state index contributed by atoms with van der Waals surface area (Å²) in [6.07, 6.45) is 1.41. The van der Waals surface area contributed by atoms with Gasteiger partial charge >= 0.3 is 0 Å². The summed E-state index contributed by atoms with van der Waals surface area (Å²) in [5.41, 5.74) is 4.36. The van der Waals surface area contributed by atoms with Crippen molar-refractivity contribution < 1.29 is 4.79 Å². The third-order valence-corrected chi connectivity index (χ3v) is 2.99. The Labute approximate surface area is 107 Å². The first-order chi connectivity index (χ1) is 8.60. The molecule has 0 saturated carbocycles. The number of hydrogen-bond acceptors (Lipinski definition) is 2. The van der Waals surface area contributed by atoms with Gasteiger partial charge in [-0.05, 0) is 25.8 Å². The monoisotopic (exact) mass is 242 g/mol. The van der Waals surface area contributed by atoms with Crippen molar-refractivity contribution in [2.24, 2.45) is 0 Å². The SMILES string of the molecule is CCc1ccc(-c2nc(CC(C)=O)[nH]c2C)cc1. The molecule has 0 spiro atoms. The van der Waals surface area contributed by atoms with E-state index < -0.39 is 0 Å². The summed E-state index contributed by atoms with van der Waals surface area (Å²) in [4.78, 5) is 18.8. The van der Waals surface area contributed by atoms with Crippen LogP contribution in [0.4, 0.5) is 0 Å². The smallest absolute Gasteiger partial charge is 0.137 e. The van der Waals surface area contributed by atoms with E-state index in [-0.39, 0.29) is 5.78 Å². The number of H-pyrrole nitrogens is 1. The Morgan fingerprint density at radius 1 is 1.28 bits per heavy atom. The van der Waals surface area contributed by atoms with Crippen molar-refractivity contribution in [1.29, 1.82) is 0 Å². The lowest BCUT2D eigenvalue weighted by Gasteiger charge is -2.00. The van der Waals surface area contributed by atoms with Crippen LogP contribution in [0, 0.1) is 6.92 Å². The maximum atomic E-state index is 11.1. The molecule has 18 heavy (non-hydrogen) atoms. The molecular formula is C15H18N2O. The van der Waals surface area contributed by atoms with Gasteiger partial charge in [0.2, 0.25) is 0 Å². The molecule has 0 saturated heterocycles. The van der Waals surface area contributed by atoms with Crippen LogP contribution >= 0.6 is 0 Å². The number of nitrogens with one attached hydrogen (secondary N) is 1. The normalized spacial score (nSPS) is 10.6. The minimum absolute atomic E-state index is 0.122. The van der Waals surface area contributed by atoms with Crippen molar-refractivity contribution >= 4 is 5.78 Å². The van der Waals surface area contributed by atoms with E-state index in [0.717, 1.165) is 29.2 Å². The standard InChI is InChI=1S/C15H18N2O/c1-4-12-5-7-13(8-6-12)15-11(3)16-14(17-15)9-10(2)18/h5-8H,4,9H2,1-3H3,(H,16,17). The quantitative estimate of drug-likeness (QED) is 0.895. The fourth-order valence-corrected chi connectivity index (χ4v) is 2.02. The van der Waals surface area contributed by atoms with Crippen LogP contribution in [-0.4, -0.2) is 15.8 Å². The average Bonchev–Trinajstić information content (AvgIpc) is 2.69. The lowest BCUT2D eigenvalue weighted by molar-refractivity contribution is -0.116. The third-order valence-electron chi connectivity index (χ3n) is 2.99. The fraction of sp³-hybridized carbons (Fsp3) is 0.333. The van der Waals surface area contributed by atoms with Crippen LogP contribution in [-0.2, 0) is 17.6 Å². The first-order valence-corrected chi connectivity index (χ1v) is 6.24. The van der Waals surface area contributed by atoms with Crippen molar-refractivity contribution in [3.8, 4) is 11.3 Å². The van der Waals surface area contributed by atoms with Gasteiger partial charge in [-0.1, -0.05) is 31.2 Å². The molecule has 0 radical (unpaired) electrons. The molecule has 0 amide bonds. The number of aromatic amines is 1. The summed E-state index contributed by atoms with van der Waals surface area (Å²) >= 11 is 0. The predicted octanol–water partition coefficient (Wildman–Crippen LogP) is 3.08. The zero-order valence-corrected chi connectivity index (χ0v) is 11.1. The van der Waals surface area contributed by atoms with E-state index in [9.17, 15) is 4.79 Å². The van der Waals surface area contributed by atoms with Crippen molar-refractivity contribution in [1.82, 2.24) is 9.97 Å². The van der Waals surface area contributed by atoms with Gasteiger partial charge in [-0.3, -0.25) is 4.79 Å². The number of carbonyl (C=O) groups is 1. The largest absolute Gasteiger partial charge is 0.345 e. The van der Waals surface area contributed by atoms with Gasteiger partial charge in [-0.2, -0.15) is 0 Å². The van der Waals surface area contributed by atoms with Crippen LogP contribution in [0.3, 0.4) is 0 Å². The Morgan fingerprint density at radius 2 is 1.94 bits per heavy atom. The number of aromatic nitrogens is 2.